The molecule has 0 fully saturated rings. The molecule has 3 aromatic carbocycles. The highest BCUT2D eigenvalue weighted by atomic mass is 35.5. The molecular formula is C22H19Cl2NO3. The summed E-state index contributed by atoms with van der Waals surface area (Å²) in [7, 11) is 0. The van der Waals surface area contributed by atoms with Crippen LogP contribution in [0.1, 0.15) is 27.0 Å². The Morgan fingerprint density at radius 2 is 1.39 bits per heavy atom. The fourth-order valence-corrected chi connectivity index (χ4v) is 2.94. The van der Waals surface area contributed by atoms with Gasteiger partial charge in [-0.3, -0.25) is 0 Å². The Morgan fingerprint density at radius 3 is 1.96 bits per heavy atom. The van der Waals surface area contributed by atoms with Crippen molar-refractivity contribution in [2.75, 3.05) is 0 Å². The van der Waals surface area contributed by atoms with E-state index in [-0.39, 0.29) is 0 Å². The van der Waals surface area contributed by atoms with E-state index < -0.39 is 5.97 Å². The lowest BCUT2D eigenvalue weighted by Gasteiger charge is -2.09. The number of benzene rings is 3. The zero-order valence-corrected chi connectivity index (χ0v) is 16.5. The first kappa shape index (κ1) is 20.2. The van der Waals surface area contributed by atoms with E-state index in [9.17, 15) is 4.79 Å². The van der Waals surface area contributed by atoms with Crippen LogP contribution in [0.2, 0.25) is 10.0 Å². The van der Waals surface area contributed by atoms with E-state index in [2.05, 4.69) is 5.32 Å². The van der Waals surface area contributed by atoms with Gasteiger partial charge in [-0.25, -0.2) is 4.79 Å². The molecule has 144 valence electrons. The van der Waals surface area contributed by atoms with Crippen molar-refractivity contribution in [1.82, 2.24) is 5.32 Å². The quantitative estimate of drug-likeness (QED) is 0.505. The molecule has 0 aliphatic rings. The van der Waals surface area contributed by atoms with Gasteiger partial charge < -0.3 is 15.2 Å². The molecule has 0 heterocycles. The molecule has 2 N–H and O–H groups in total. The van der Waals surface area contributed by atoms with Crippen molar-refractivity contribution in [3.63, 3.8) is 0 Å². The van der Waals surface area contributed by atoms with Crippen LogP contribution in [0, 0.1) is 0 Å². The lowest BCUT2D eigenvalue weighted by Crippen LogP contribution is -2.12. The second kappa shape index (κ2) is 9.60. The molecule has 0 spiro atoms. The Bertz CT molecular complexity index is 941. The van der Waals surface area contributed by atoms with E-state index in [1.807, 2.05) is 42.5 Å². The molecule has 4 nitrogen and oxygen atoms in total. The van der Waals surface area contributed by atoms with Gasteiger partial charge in [0, 0.05) is 13.1 Å². The van der Waals surface area contributed by atoms with Crippen LogP contribution < -0.4 is 10.1 Å². The summed E-state index contributed by atoms with van der Waals surface area (Å²) >= 11 is 11.9. The number of halogens is 2. The highest BCUT2D eigenvalue weighted by Gasteiger charge is 2.03. The maximum Gasteiger partial charge on any atom is 0.335 e. The Labute approximate surface area is 173 Å². The number of ether oxygens (including phenoxy) is 1. The van der Waals surface area contributed by atoms with Gasteiger partial charge in [-0.1, -0.05) is 53.5 Å². The standard InChI is InChI=1S/C22H19Cl2NO3/c23-20-10-5-17(11-21(20)24)14-28-19-8-3-16(4-9-19)13-25-12-15-1-6-18(7-2-15)22(26)27/h1-11,25H,12-14H2,(H,26,27). The van der Waals surface area contributed by atoms with Crippen LogP contribution in [0.15, 0.2) is 66.7 Å². The highest BCUT2D eigenvalue weighted by Crippen LogP contribution is 2.23. The van der Waals surface area contributed by atoms with Gasteiger partial charge in [-0.15, -0.1) is 0 Å². The first-order chi connectivity index (χ1) is 13.5. The molecule has 0 aromatic heterocycles. The highest BCUT2D eigenvalue weighted by molar-refractivity contribution is 6.42. The number of hydrogen-bond acceptors (Lipinski definition) is 3. The summed E-state index contributed by atoms with van der Waals surface area (Å²) in [5.74, 6) is -0.139. The molecule has 0 atom stereocenters. The lowest BCUT2D eigenvalue weighted by atomic mass is 10.1. The minimum atomic E-state index is -0.916. The summed E-state index contributed by atoms with van der Waals surface area (Å²) in [5.41, 5.74) is 3.41. The van der Waals surface area contributed by atoms with Gasteiger partial charge in [0.2, 0.25) is 0 Å². The van der Waals surface area contributed by atoms with Crippen molar-refractivity contribution in [1.29, 1.82) is 0 Å². The van der Waals surface area contributed by atoms with E-state index in [1.165, 1.54) is 0 Å². The van der Waals surface area contributed by atoms with Crippen LogP contribution in [0.3, 0.4) is 0 Å². The molecule has 3 rings (SSSR count). The van der Waals surface area contributed by atoms with Crippen LogP contribution in [0.4, 0.5) is 0 Å². The predicted octanol–water partition coefficient (Wildman–Crippen LogP) is 5.56. The second-order valence-electron chi connectivity index (χ2n) is 6.29. The number of carboxylic acids is 1. The molecule has 0 aliphatic carbocycles. The SMILES string of the molecule is O=C(O)c1ccc(CNCc2ccc(OCc3ccc(Cl)c(Cl)c3)cc2)cc1. The van der Waals surface area contributed by atoms with Gasteiger partial charge in [0.1, 0.15) is 12.4 Å². The van der Waals surface area contributed by atoms with E-state index in [4.69, 9.17) is 33.0 Å². The molecule has 0 radical (unpaired) electrons. The molecule has 0 saturated carbocycles. The molecule has 0 aliphatic heterocycles. The van der Waals surface area contributed by atoms with Gasteiger partial charge in [0.05, 0.1) is 15.6 Å². The third kappa shape index (κ3) is 5.73. The van der Waals surface area contributed by atoms with Gasteiger partial charge in [-0.05, 0) is 53.1 Å². The first-order valence-electron chi connectivity index (χ1n) is 8.70. The maximum atomic E-state index is 10.9. The Kier molecular flexibility index (Phi) is 6.93. The second-order valence-corrected chi connectivity index (χ2v) is 7.10. The van der Waals surface area contributed by atoms with Gasteiger partial charge in [0.25, 0.3) is 0 Å². The number of rotatable bonds is 8. The molecular weight excluding hydrogens is 397 g/mol. The zero-order valence-electron chi connectivity index (χ0n) is 15.0. The third-order valence-corrected chi connectivity index (χ3v) is 4.91. The van der Waals surface area contributed by atoms with Gasteiger partial charge >= 0.3 is 5.97 Å². The van der Waals surface area contributed by atoms with E-state index in [1.54, 1.807) is 24.3 Å². The van der Waals surface area contributed by atoms with Crippen LogP contribution in [-0.2, 0) is 19.7 Å². The smallest absolute Gasteiger partial charge is 0.335 e. The average Bonchev–Trinajstić information content (AvgIpc) is 2.70. The topological polar surface area (TPSA) is 58.6 Å². The lowest BCUT2D eigenvalue weighted by molar-refractivity contribution is 0.0697. The van der Waals surface area contributed by atoms with Crippen molar-refractivity contribution in [2.24, 2.45) is 0 Å². The summed E-state index contributed by atoms with van der Waals surface area (Å²) in [6.07, 6.45) is 0. The van der Waals surface area contributed by atoms with Crippen LogP contribution in [0.25, 0.3) is 0 Å². The van der Waals surface area contributed by atoms with E-state index in [0.29, 0.717) is 35.3 Å². The molecule has 0 unspecified atom stereocenters. The van der Waals surface area contributed by atoms with Crippen molar-refractivity contribution < 1.29 is 14.6 Å². The summed E-state index contributed by atoms with van der Waals surface area (Å²) in [6.45, 7) is 1.78. The van der Waals surface area contributed by atoms with E-state index >= 15 is 0 Å². The van der Waals surface area contributed by atoms with Crippen molar-refractivity contribution in [2.45, 2.75) is 19.7 Å². The van der Waals surface area contributed by atoms with Crippen molar-refractivity contribution in [3.8, 4) is 5.75 Å². The molecule has 28 heavy (non-hydrogen) atoms. The monoisotopic (exact) mass is 415 g/mol. The summed E-state index contributed by atoms with van der Waals surface area (Å²) in [5, 5.41) is 13.3. The fourth-order valence-electron chi connectivity index (χ4n) is 2.62. The number of hydrogen-bond donors (Lipinski definition) is 2. The molecule has 0 bridgehead atoms. The number of carbonyl (C=O) groups is 1. The minimum Gasteiger partial charge on any atom is -0.489 e. The molecule has 0 amide bonds. The van der Waals surface area contributed by atoms with E-state index in [0.717, 1.165) is 22.4 Å². The number of nitrogens with one attached hydrogen (secondary N) is 1. The Hall–Kier alpha value is -2.53. The van der Waals surface area contributed by atoms with Gasteiger partial charge in [0.15, 0.2) is 0 Å². The van der Waals surface area contributed by atoms with Crippen molar-refractivity contribution >= 4 is 29.2 Å². The zero-order chi connectivity index (χ0) is 19.9. The van der Waals surface area contributed by atoms with Crippen molar-refractivity contribution in [3.05, 3.63) is 99.0 Å². The normalized spacial score (nSPS) is 10.6. The molecule has 0 saturated heterocycles. The number of carboxylic acid groups (broad SMARTS) is 1. The minimum absolute atomic E-state index is 0.292. The third-order valence-electron chi connectivity index (χ3n) is 4.17. The summed E-state index contributed by atoms with van der Waals surface area (Å²) < 4.78 is 5.78. The Morgan fingerprint density at radius 1 is 0.821 bits per heavy atom. The average molecular weight is 416 g/mol. The van der Waals surface area contributed by atoms with Crippen LogP contribution in [-0.4, -0.2) is 11.1 Å². The Balaban J connectivity index is 1.46. The molecule has 3 aromatic rings. The number of aromatic carboxylic acids is 1. The predicted molar refractivity (Wildman–Crippen MR) is 111 cm³/mol. The van der Waals surface area contributed by atoms with Gasteiger partial charge in [-0.2, -0.15) is 0 Å². The van der Waals surface area contributed by atoms with Crippen LogP contribution in [0.5, 0.6) is 5.75 Å². The van der Waals surface area contributed by atoms with Crippen LogP contribution >= 0.6 is 23.2 Å². The fraction of sp³-hybridized carbons (Fsp3) is 0.136. The maximum absolute atomic E-state index is 10.9. The summed E-state index contributed by atoms with van der Waals surface area (Å²) in [4.78, 5) is 10.9. The summed E-state index contributed by atoms with van der Waals surface area (Å²) in [6, 6.07) is 20.2. The largest absolute Gasteiger partial charge is 0.489 e. The first-order valence-corrected chi connectivity index (χ1v) is 9.45. The molecule has 6 heteroatoms.